The first kappa shape index (κ1) is 16.3. The average Bonchev–Trinajstić information content (AvgIpc) is 2.72. The van der Waals surface area contributed by atoms with Gasteiger partial charge in [0.15, 0.2) is 0 Å². The van der Waals surface area contributed by atoms with Crippen molar-refractivity contribution in [2.24, 2.45) is 0 Å². The Morgan fingerprint density at radius 3 is 2.74 bits per heavy atom. The normalized spacial score (nSPS) is 24.7. The Kier molecular flexibility index (Phi) is 4.33. The van der Waals surface area contributed by atoms with E-state index in [1.807, 2.05) is 0 Å². The zero-order chi connectivity index (χ0) is 16.6. The number of aliphatic hydroxyl groups excluding tert-OH is 1. The number of hydrogen-bond donors (Lipinski definition) is 1. The quantitative estimate of drug-likeness (QED) is 0.906. The predicted octanol–water partition coefficient (Wildman–Crippen LogP) is 1.28. The van der Waals surface area contributed by atoms with E-state index in [0.717, 1.165) is 0 Å². The predicted molar refractivity (Wildman–Crippen MR) is 77.6 cm³/mol. The molecule has 2 fully saturated rings. The Morgan fingerprint density at radius 1 is 1.35 bits per heavy atom. The number of alkyl halides is 2. The molecule has 2 aliphatic heterocycles. The second-order valence-corrected chi connectivity index (χ2v) is 6.33. The molecular weight excluding hydrogens is 309 g/mol. The number of benzene rings is 1. The van der Waals surface area contributed by atoms with Gasteiger partial charge < -0.3 is 10.0 Å². The molecule has 126 valence electrons. The van der Waals surface area contributed by atoms with E-state index >= 15 is 0 Å². The van der Waals surface area contributed by atoms with Crippen molar-refractivity contribution >= 4 is 5.91 Å². The number of hydrogen-bond acceptors (Lipinski definition) is 3. The molecule has 0 bridgehead atoms. The lowest BCUT2D eigenvalue weighted by Crippen LogP contribution is -2.62. The highest BCUT2D eigenvalue weighted by Gasteiger charge is 2.49. The lowest BCUT2D eigenvalue weighted by molar-refractivity contribution is -0.138. The van der Waals surface area contributed by atoms with Gasteiger partial charge in [-0.15, -0.1) is 0 Å². The van der Waals surface area contributed by atoms with Crippen LogP contribution in [0.15, 0.2) is 24.3 Å². The van der Waals surface area contributed by atoms with Gasteiger partial charge in [-0.2, -0.15) is 0 Å². The minimum atomic E-state index is -2.78. The van der Waals surface area contributed by atoms with Gasteiger partial charge in [-0.3, -0.25) is 9.69 Å². The zero-order valence-corrected chi connectivity index (χ0v) is 12.6. The number of aliphatic hydroxyl groups is 1. The largest absolute Gasteiger partial charge is 0.395 e. The minimum Gasteiger partial charge on any atom is -0.395 e. The van der Waals surface area contributed by atoms with Crippen LogP contribution < -0.4 is 0 Å². The summed E-state index contributed by atoms with van der Waals surface area (Å²) in [6.45, 7) is 0.0829. The van der Waals surface area contributed by atoms with Crippen molar-refractivity contribution in [1.82, 2.24) is 9.80 Å². The molecule has 2 heterocycles. The number of carbonyl (C=O) groups excluding carboxylic acids is 1. The van der Waals surface area contributed by atoms with Gasteiger partial charge in [0, 0.05) is 31.6 Å². The Morgan fingerprint density at radius 2 is 2.09 bits per heavy atom. The van der Waals surface area contributed by atoms with Crippen molar-refractivity contribution in [3.05, 3.63) is 35.6 Å². The molecule has 23 heavy (non-hydrogen) atoms. The van der Waals surface area contributed by atoms with Crippen molar-refractivity contribution in [2.45, 2.75) is 30.8 Å². The minimum absolute atomic E-state index is 0.101. The molecule has 1 N–H and O–H groups in total. The lowest BCUT2D eigenvalue weighted by Gasteiger charge is -2.45. The third-order valence-corrected chi connectivity index (χ3v) is 4.56. The number of halogens is 3. The SMILES string of the molecule is O=C(Cc1cccc(F)c1)N1CC(N2CC(F)(F)C[C@H]2CO)C1. The Labute approximate surface area is 132 Å². The van der Waals surface area contributed by atoms with Crippen LogP contribution in [0.25, 0.3) is 0 Å². The van der Waals surface area contributed by atoms with Crippen molar-refractivity contribution in [3.8, 4) is 0 Å². The maximum Gasteiger partial charge on any atom is 0.262 e. The molecule has 1 atom stereocenters. The van der Waals surface area contributed by atoms with Gasteiger partial charge in [0.2, 0.25) is 5.91 Å². The van der Waals surface area contributed by atoms with Crippen LogP contribution in [0.3, 0.4) is 0 Å². The number of likely N-dealkylation sites (tertiary alicyclic amines) is 2. The van der Waals surface area contributed by atoms with E-state index in [1.54, 1.807) is 21.9 Å². The molecule has 1 aromatic carbocycles. The monoisotopic (exact) mass is 328 g/mol. The first-order valence-corrected chi connectivity index (χ1v) is 7.64. The summed E-state index contributed by atoms with van der Waals surface area (Å²) >= 11 is 0. The molecule has 0 radical (unpaired) electrons. The van der Waals surface area contributed by atoms with E-state index in [-0.39, 0.29) is 43.8 Å². The van der Waals surface area contributed by atoms with Crippen LogP contribution >= 0.6 is 0 Å². The summed E-state index contributed by atoms with van der Waals surface area (Å²) < 4.78 is 40.0. The standard InChI is InChI=1S/C16H19F3N2O2/c17-12-3-1-2-11(4-12)5-15(23)20-7-14(8-20)21-10-16(18,19)6-13(21)9-22/h1-4,13-14,22H,5-10H2/t13-/m0/s1. The van der Waals surface area contributed by atoms with Gasteiger partial charge in [-0.05, 0) is 17.7 Å². The van der Waals surface area contributed by atoms with E-state index in [1.165, 1.54) is 12.1 Å². The first-order valence-electron chi connectivity index (χ1n) is 7.64. The second kappa shape index (κ2) is 6.13. The number of carbonyl (C=O) groups is 1. The van der Waals surface area contributed by atoms with Gasteiger partial charge >= 0.3 is 0 Å². The van der Waals surface area contributed by atoms with E-state index in [4.69, 9.17) is 0 Å². The molecule has 0 spiro atoms. The first-order chi connectivity index (χ1) is 10.9. The van der Waals surface area contributed by atoms with Gasteiger partial charge in [0.05, 0.1) is 19.6 Å². The van der Waals surface area contributed by atoms with Crippen LogP contribution in [-0.4, -0.2) is 65.1 Å². The average molecular weight is 328 g/mol. The van der Waals surface area contributed by atoms with E-state index < -0.39 is 12.0 Å². The van der Waals surface area contributed by atoms with Crippen LogP contribution in [0.5, 0.6) is 0 Å². The van der Waals surface area contributed by atoms with Crippen molar-refractivity contribution in [1.29, 1.82) is 0 Å². The highest BCUT2D eigenvalue weighted by atomic mass is 19.3. The molecule has 4 nitrogen and oxygen atoms in total. The molecule has 0 unspecified atom stereocenters. The maximum atomic E-state index is 13.5. The molecule has 0 saturated carbocycles. The molecule has 0 aromatic heterocycles. The lowest BCUT2D eigenvalue weighted by atomic mass is 10.0. The molecule has 3 rings (SSSR count). The molecule has 1 amide bonds. The van der Waals surface area contributed by atoms with Crippen LogP contribution in [0.1, 0.15) is 12.0 Å². The van der Waals surface area contributed by atoms with Crippen LogP contribution in [0.2, 0.25) is 0 Å². The highest BCUT2D eigenvalue weighted by Crippen LogP contribution is 2.35. The van der Waals surface area contributed by atoms with Crippen LogP contribution in [0, 0.1) is 5.82 Å². The van der Waals surface area contributed by atoms with Gasteiger partial charge in [0.1, 0.15) is 5.82 Å². The Bertz CT molecular complexity index is 590. The third kappa shape index (κ3) is 3.50. The van der Waals surface area contributed by atoms with Gasteiger partial charge in [0.25, 0.3) is 5.92 Å². The summed E-state index contributed by atoms with van der Waals surface area (Å²) in [5.74, 6) is -3.31. The van der Waals surface area contributed by atoms with Crippen molar-refractivity contribution in [2.75, 3.05) is 26.2 Å². The topological polar surface area (TPSA) is 43.8 Å². The van der Waals surface area contributed by atoms with Crippen molar-refractivity contribution in [3.63, 3.8) is 0 Å². The fourth-order valence-electron chi connectivity index (χ4n) is 3.32. The molecule has 2 aliphatic rings. The van der Waals surface area contributed by atoms with Gasteiger partial charge in [-0.1, -0.05) is 12.1 Å². The summed E-state index contributed by atoms with van der Waals surface area (Å²) in [5, 5.41) is 9.24. The van der Waals surface area contributed by atoms with Crippen LogP contribution in [-0.2, 0) is 11.2 Å². The Balaban J connectivity index is 1.53. The molecule has 2 saturated heterocycles. The zero-order valence-electron chi connectivity index (χ0n) is 12.6. The van der Waals surface area contributed by atoms with Crippen LogP contribution in [0.4, 0.5) is 13.2 Å². The van der Waals surface area contributed by atoms with E-state index in [2.05, 4.69) is 0 Å². The molecule has 7 heteroatoms. The highest BCUT2D eigenvalue weighted by molar-refractivity contribution is 5.79. The Hall–Kier alpha value is -1.60. The van der Waals surface area contributed by atoms with E-state index in [0.29, 0.717) is 18.7 Å². The van der Waals surface area contributed by atoms with Crippen molar-refractivity contribution < 1.29 is 23.1 Å². The fraction of sp³-hybridized carbons (Fsp3) is 0.562. The molecular formula is C16H19F3N2O2. The summed E-state index contributed by atoms with van der Waals surface area (Å²) in [7, 11) is 0. The summed E-state index contributed by atoms with van der Waals surface area (Å²) in [6.07, 6.45) is -0.235. The van der Waals surface area contributed by atoms with E-state index in [9.17, 15) is 23.1 Å². The summed E-state index contributed by atoms with van der Waals surface area (Å²) in [5.41, 5.74) is 0.597. The third-order valence-electron chi connectivity index (χ3n) is 4.56. The number of amides is 1. The fourth-order valence-corrected chi connectivity index (χ4v) is 3.32. The smallest absolute Gasteiger partial charge is 0.262 e. The summed E-state index contributed by atoms with van der Waals surface area (Å²) in [6, 6.07) is 5.18. The number of rotatable bonds is 4. The maximum absolute atomic E-state index is 13.5. The summed E-state index contributed by atoms with van der Waals surface area (Å²) in [4.78, 5) is 15.3. The molecule has 1 aromatic rings. The molecule has 0 aliphatic carbocycles. The second-order valence-electron chi connectivity index (χ2n) is 6.33. The number of nitrogens with zero attached hydrogens (tertiary/aromatic N) is 2. The van der Waals surface area contributed by atoms with Gasteiger partial charge in [-0.25, -0.2) is 13.2 Å².